The van der Waals surface area contributed by atoms with Crippen LogP contribution < -0.4 is 5.56 Å². The molecule has 3 heterocycles. The Balaban J connectivity index is 1.50. The normalized spacial score (nSPS) is 18.0. The second-order valence-corrected chi connectivity index (χ2v) is 6.97. The number of pyridine rings is 1. The topological polar surface area (TPSA) is 57.9 Å². The third-order valence-corrected chi connectivity index (χ3v) is 5.07. The van der Waals surface area contributed by atoms with Crippen LogP contribution in [-0.2, 0) is 6.54 Å². The van der Waals surface area contributed by atoms with Crippen LogP contribution in [0.3, 0.4) is 0 Å². The molecule has 1 amide bonds. The van der Waals surface area contributed by atoms with Gasteiger partial charge in [0.15, 0.2) is 0 Å². The van der Waals surface area contributed by atoms with Crippen LogP contribution in [0, 0.1) is 0 Å². The zero-order valence-electron chi connectivity index (χ0n) is 15.3. The fourth-order valence-electron chi connectivity index (χ4n) is 3.65. The number of hydrogen-bond acceptors (Lipinski definition) is 4. The lowest BCUT2D eigenvalue weighted by Gasteiger charge is -2.39. The largest absolute Gasteiger partial charge is 0.333 e. The van der Waals surface area contributed by atoms with E-state index in [1.165, 1.54) is 16.2 Å². The number of nitrogens with zero attached hydrogens (tertiary/aromatic N) is 4. The van der Waals surface area contributed by atoms with Gasteiger partial charge >= 0.3 is 0 Å². The van der Waals surface area contributed by atoms with Crippen molar-refractivity contribution in [1.82, 2.24) is 19.2 Å². The molecule has 0 saturated carbocycles. The molecule has 0 aliphatic carbocycles. The van der Waals surface area contributed by atoms with Crippen molar-refractivity contribution in [2.75, 3.05) is 19.6 Å². The number of hydrogen-bond donors (Lipinski definition) is 0. The molecule has 1 unspecified atom stereocenters. The lowest BCUT2D eigenvalue weighted by Crippen LogP contribution is -2.54. The van der Waals surface area contributed by atoms with Gasteiger partial charge in [-0.05, 0) is 24.6 Å². The van der Waals surface area contributed by atoms with Gasteiger partial charge < -0.3 is 4.90 Å². The summed E-state index contributed by atoms with van der Waals surface area (Å²) in [7, 11) is 0. The fraction of sp³-hybridized carbons (Fsp3) is 0.286. The number of carbonyl (C=O) groups excluding carboxylic acids is 1. The van der Waals surface area contributed by atoms with Gasteiger partial charge in [0.05, 0.1) is 0 Å². The Labute approximate surface area is 157 Å². The highest BCUT2D eigenvalue weighted by Gasteiger charge is 2.29. The van der Waals surface area contributed by atoms with Crippen molar-refractivity contribution >= 4 is 11.6 Å². The van der Waals surface area contributed by atoms with E-state index in [0.29, 0.717) is 12.2 Å². The van der Waals surface area contributed by atoms with E-state index in [9.17, 15) is 9.59 Å². The second-order valence-electron chi connectivity index (χ2n) is 6.97. The summed E-state index contributed by atoms with van der Waals surface area (Å²) in [6, 6.07) is 15.7. The van der Waals surface area contributed by atoms with E-state index in [-0.39, 0.29) is 23.1 Å². The van der Waals surface area contributed by atoms with Crippen LogP contribution in [0.1, 0.15) is 22.8 Å². The van der Waals surface area contributed by atoms with Crippen molar-refractivity contribution in [3.05, 3.63) is 82.4 Å². The summed E-state index contributed by atoms with van der Waals surface area (Å²) in [5.74, 6) is -0.238. The predicted octanol–water partition coefficient (Wildman–Crippen LogP) is 2.04. The van der Waals surface area contributed by atoms with Crippen LogP contribution >= 0.6 is 0 Å². The van der Waals surface area contributed by atoms with Crippen molar-refractivity contribution in [3.8, 4) is 0 Å². The SMILES string of the molecule is CC1CN(Cc2ccccc2)CCN1C(=O)c1cnc2ccccn2c1=O. The highest BCUT2D eigenvalue weighted by molar-refractivity contribution is 5.94. The number of rotatable bonds is 3. The fourth-order valence-corrected chi connectivity index (χ4v) is 3.65. The van der Waals surface area contributed by atoms with E-state index in [0.717, 1.165) is 19.6 Å². The summed E-state index contributed by atoms with van der Waals surface area (Å²) in [6.45, 7) is 5.06. The molecule has 4 rings (SSSR count). The number of benzene rings is 1. The first-order valence-corrected chi connectivity index (χ1v) is 9.17. The average molecular weight is 362 g/mol. The number of carbonyl (C=O) groups is 1. The van der Waals surface area contributed by atoms with E-state index in [4.69, 9.17) is 0 Å². The molecular formula is C21H22N4O2. The van der Waals surface area contributed by atoms with Crippen molar-refractivity contribution in [2.45, 2.75) is 19.5 Å². The van der Waals surface area contributed by atoms with Crippen molar-refractivity contribution in [1.29, 1.82) is 0 Å². The summed E-state index contributed by atoms with van der Waals surface area (Å²) in [5.41, 5.74) is 1.62. The van der Waals surface area contributed by atoms with Gasteiger partial charge in [-0.15, -0.1) is 0 Å². The van der Waals surface area contributed by atoms with Gasteiger partial charge in [-0.25, -0.2) is 4.98 Å². The summed E-state index contributed by atoms with van der Waals surface area (Å²) in [5, 5.41) is 0. The third-order valence-electron chi connectivity index (χ3n) is 5.07. The van der Waals surface area contributed by atoms with Crippen LogP contribution in [0.25, 0.3) is 5.65 Å². The number of fused-ring (bicyclic) bond motifs is 1. The Kier molecular flexibility index (Phi) is 4.73. The molecule has 0 N–H and O–H groups in total. The molecule has 0 radical (unpaired) electrons. The van der Waals surface area contributed by atoms with Gasteiger partial charge in [0.1, 0.15) is 11.2 Å². The van der Waals surface area contributed by atoms with Crippen LogP contribution in [0.15, 0.2) is 65.7 Å². The zero-order valence-corrected chi connectivity index (χ0v) is 15.3. The van der Waals surface area contributed by atoms with Crippen LogP contribution in [0.4, 0.5) is 0 Å². The molecule has 1 fully saturated rings. The van der Waals surface area contributed by atoms with E-state index in [1.54, 1.807) is 23.2 Å². The molecule has 3 aromatic rings. The first-order valence-electron chi connectivity index (χ1n) is 9.17. The van der Waals surface area contributed by atoms with Crippen LogP contribution in [0.2, 0.25) is 0 Å². The van der Waals surface area contributed by atoms with Crippen LogP contribution in [0.5, 0.6) is 0 Å². The summed E-state index contributed by atoms with van der Waals surface area (Å²) < 4.78 is 1.42. The van der Waals surface area contributed by atoms with Crippen molar-refractivity contribution in [3.63, 3.8) is 0 Å². The Morgan fingerprint density at radius 1 is 1.11 bits per heavy atom. The highest BCUT2D eigenvalue weighted by Crippen LogP contribution is 2.15. The number of amides is 1. The third kappa shape index (κ3) is 3.48. The maximum absolute atomic E-state index is 13.0. The minimum atomic E-state index is -0.315. The predicted molar refractivity (Wildman–Crippen MR) is 104 cm³/mol. The minimum absolute atomic E-state index is 0.0332. The summed E-state index contributed by atoms with van der Waals surface area (Å²) >= 11 is 0. The smallest absolute Gasteiger partial charge is 0.270 e. The Bertz CT molecular complexity index is 1020. The summed E-state index contributed by atoms with van der Waals surface area (Å²) in [6.07, 6.45) is 3.05. The molecule has 1 aromatic carbocycles. The number of piperazine rings is 1. The summed E-state index contributed by atoms with van der Waals surface area (Å²) in [4.78, 5) is 34.1. The molecule has 6 heteroatoms. The van der Waals surface area contributed by atoms with Gasteiger partial charge in [-0.1, -0.05) is 36.4 Å². The molecule has 1 aliphatic rings. The molecular weight excluding hydrogens is 340 g/mol. The van der Waals surface area contributed by atoms with E-state index in [1.807, 2.05) is 31.2 Å². The van der Waals surface area contributed by atoms with E-state index in [2.05, 4.69) is 22.0 Å². The maximum atomic E-state index is 13.0. The van der Waals surface area contributed by atoms with E-state index < -0.39 is 0 Å². The van der Waals surface area contributed by atoms with Crippen LogP contribution in [-0.4, -0.2) is 50.8 Å². The quantitative estimate of drug-likeness (QED) is 0.715. The molecule has 27 heavy (non-hydrogen) atoms. The molecule has 0 bridgehead atoms. The lowest BCUT2D eigenvalue weighted by molar-refractivity contribution is 0.0473. The Hall–Kier alpha value is -2.99. The maximum Gasteiger partial charge on any atom is 0.270 e. The van der Waals surface area contributed by atoms with E-state index >= 15 is 0 Å². The van der Waals surface area contributed by atoms with Gasteiger partial charge in [0, 0.05) is 44.6 Å². The molecule has 0 spiro atoms. The molecule has 1 atom stereocenters. The Morgan fingerprint density at radius 2 is 1.89 bits per heavy atom. The van der Waals surface area contributed by atoms with Gasteiger partial charge in [-0.3, -0.25) is 18.9 Å². The first-order chi connectivity index (χ1) is 13.1. The highest BCUT2D eigenvalue weighted by atomic mass is 16.2. The molecule has 1 saturated heterocycles. The lowest BCUT2D eigenvalue weighted by atomic mass is 10.1. The standard InChI is InChI=1S/C21H22N4O2/c1-16-14-23(15-17-7-3-2-4-8-17)11-12-24(16)20(26)18-13-22-19-9-5-6-10-25(19)21(18)27/h2-10,13,16H,11-12,14-15H2,1H3. The number of aromatic nitrogens is 2. The Morgan fingerprint density at radius 3 is 2.67 bits per heavy atom. The molecule has 138 valence electrons. The minimum Gasteiger partial charge on any atom is -0.333 e. The van der Waals surface area contributed by atoms with Crippen molar-refractivity contribution < 1.29 is 4.79 Å². The zero-order chi connectivity index (χ0) is 18.8. The van der Waals surface area contributed by atoms with Gasteiger partial charge in [0.25, 0.3) is 11.5 Å². The molecule has 1 aliphatic heterocycles. The average Bonchev–Trinajstić information content (AvgIpc) is 2.69. The molecule has 2 aromatic heterocycles. The first kappa shape index (κ1) is 17.4. The second kappa shape index (κ2) is 7.32. The van der Waals surface area contributed by atoms with Crippen molar-refractivity contribution in [2.24, 2.45) is 0 Å². The monoisotopic (exact) mass is 362 g/mol. The molecule has 6 nitrogen and oxygen atoms in total. The van der Waals surface area contributed by atoms with Gasteiger partial charge in [0.2, 0.25) is 0 Å². The van der Waals surface area contributed by atoms with Gasteiger partial charge in [-0.2, -0.15) is 0 Å².